The van der Waals surface area contributed by atoms with Gasteiger partial charge in [-0.2, -0.15) is 0 Å². The SMILES string of the molecule is O=C(CCCCCl)N1CCN(c2ccc([N+](=O)[O-])cc2)CC1. The van der Waals surface area contributed by atoms with E-state index in [1.54, 1.807) is 12.1 Å². The van der Waals surface area contributed by atoms with Crippen LogP contribution in [0.25, 0.3) is 0 Å². The fourth-order valence-electron chi connectivity index (χ4n) is 2.53. The number of hydrogen-bond donors (Lipinski definition) is 0. The molecule has 1 aromatic carbocycles. The van der Waals surface area contributed by atoms with Crippen molar-refractivity contribution in [1.29, 1.82) is 0 Å². The van der Waals surface area contributed by atoms with Crippen LogP contribution in [0.5, 0.6) is 0 Å². The third-order valence-electron chi connectivity index (χ3n) is 3.83. The number of amides is 1. The van der Waals surface area contributed by atoms with E-state index >= 15 is 0 Å². The molecule has 0 unspecified atom stereocenters. The Kier molecular flexibility index (Phi) is 6.00. The Labute approximate surface area is 134 Å². The standard InChI is InChI=1S/C15H20ClN3O3/c16-8-2-1-3-15(20)18-11-9-17(10-12-18)13-4-6-14(7-5-13)19(21)22/h4-7H,1-3,8-12H2. The summed E-state index contributed by atoms with van der Waals surface area (Å²) in [5, 5.41) is 10.7. The van der Waals surface area contributed by atoms with Gasteiger partial charge < -0.3 is 9.80 Å². The number of piperazine rings is 1. The minimum atomic E-state index is -0.402. The second-order valence-electron chi connectivity index (χ2n) is 5.29. The Hall–Kier alpha value is -1.82. The average Bonchev–Trinajstić information content (AvgIpc) is 2.55. The Morgan fingerprint density at radius 1 is 1.14 bits per heavy atom. The van der Waals surface area contributed by atoms with Crippen LogP contribution < -0.4 is 4.90 Å². The van der Waals surface area contributed by atoms with Crippen molar-refractivity contribution in [2.45, 2.75) is 19.3 Å². The molecule has 0 spiro atoms. The Balaban J connectivity index is 1.83. The van der Waals surface area contributed by atoms with Gasteiger partial charge in [-0.1, -0.05) is 0 Å². The summed E-state index contributed by atoms with van der Waals surface area (Å²) in [4.78, 5) is 26.3. The number of anilines is 1. The number of non-ortho nitro benzene ring substituents is 1. The fourth-order valence-corrected chi connectivity index (χ4v) is 2.72. The van der Waals surface area contributed by atoms with Gasteiger partial charge in [-0.15, -0.1) is 11.6 Å². The van der Waals surface area contributed by atoms with Gasteiger partial charge in [-0.05, 0) is 25.0 Å². The van der Waals surface area contributed by atoms with Crippen LogP contribution in [0, 0.1) is 10.1 Å². The summed E-state index contributed by atoms with van der Waals surface area (Å²) in [5.41, 5.74) is 1.05. The molecule has 0 atom stereocenters. The third kappa shape index (κ3) is 4.34. The normalized spacial score (nSPS) is 15.0. The van der Waals surface area contributed by atoms with Gasteiger partial charge >= 0.3 is 0 Å². The maximum Gasteiger partial charge on any atom is 0.269 e. The molecule has 1 fully saturated rings. The van der Waals surface area contributed by atoms with Crippen molar-refractivity contribution in [1.82, 2.24) is 4.90 Å². The molecule has 1 aliphatic heterocycles. The summed E-state index contributed by atoms with van der Waals surface area (Å²) in [5.74, 6) is 0.787. The first-order valence-electron chi connectivity index (χ1n) is 7.45. The van der Waals surface area contributed by atoms with Crippen LogP contribution in [0.1, 0.15) is 19.3 Å². The molecule has 2 rings (SSSR count). The molecule has 0 aliphatic carbocycles. The predicted octanol–water partition coefficient (Wildman–Crippen LogP) is 2.65. The number of nitro benzene ring substituents is 1. The summed E-state index contributed by atoms with van der Waals surface area (Å²) in [6, 6.07) is 6.55. The molecule has 120 valence electrons. The summed E-state index contributed by atoms with van der Waals surface area (Å²) in [6.07, 6.45) is 2.27. The highest BCUT2D eigenvalue weighted by Gasteiger charge is 2.21. The van der Waals surface area contributed by atoms with Crippen molar-refractivity contribution < 1.29 is 9.72 Å². The van der Waals surface area contributed by atoms with Gasteiger partial charge in [-0.3, -0.25) is 14.9 Å². The van der Waals surface area contributed by atoms with Crippen molar-refractivity contribution in [2.75, 3.05) is 37.0 Å². The molecule has 0 bridgehead atoms. The van der Waals surface area contributed by atoms with Gasteiger partial charge in [0.05, 0.1) is 4.92 Å². The fraction of sp³-hybridized carbons (Fsp3) is 0.533. The third-order valence-corrected chi connectivity index (χ3v) is 4.10. The molecule has 0 saturated carbocycles. The second kappa shape index (κ2) is 7.98. The molecule has 1 aliphatic rings. The zero-order chi connectivity index (χ0) is 15.9. The first-order valence-corrected chi connectivity index (χ1v) is 7.98. The topological polar surface area (TPSA) is 66.7 Å². The number of carbonyl (C=O) groups is 1. The van der Waals surface area contributed by atoms with E-state index in [9.17, 15) is 14.9 Å². The van der Waals surface area contributed by atoms with Crippen LogP contribution in [0.4, 0.5) is 11.4 Å². The molecule has 1 saturated heterocycles. The van der Waals surface area contributed by atoms with Gasteiger partial charge in [0.15, 0.2) is 0 Å². The first-order chi connectivity index (χ1) is 10.6. The molecule has 0 radical (unpaired) electrons. The van der Waals surface area contributed by atoms with Crippen LogP contribution in [0.15, 0.2) is 24.3 Å². The molecule has 1 amide bonds. The van der Waals surface area contributed by atoms with Gasteiger partial charge in [0.1, 0.15) is 0 Å². The number of alkyl halides is 1. The highest BCUT2D eigenvalue weighted by molar-refractivity contribution is 6.17. The molecule has 0 aromatic heterocycles. The van der Waals surface area contributed by atoms with E-state index in [2.05, 4.69) is 4.90 Å². The zero-order valence-electron chi connectivity index (χ0n) is 12.4. The largest absolute Gasteiger partial charge is 0.368 e. The maximum absolute atomic E-state index is 12.0. The van der Waals surface area contributed by atoms with Gasteiger partial charge in [0.2, 0.25) is 5.91 Å². The van der Waals surface area contributed by atoms with Crippen LogP contribution in [0.3, 0.4) is 0 Å². The molecule has 1 aromatic rings. The molecule has 0 N–H and O–H groups in total. The van der Waals surface area contributed by atoms with E-state index in [4.69, 9.17) is 11.6 Å². The average molecular weight is 326 g/mol. The molecular formula is C15H20ClN3O3. The lowest BCUT2D eigenvalue weighted by Crippen LogP contribution is -2.48. The number of carbonyl (C=O) groups excluding carboxylic acids is 1. The van der Waals surface area contributed by atoms with Crippen molar-refractivity contribution in [3.05, 3.63) is 34.4 Å². The van der Waals surface area contributed by atoms with Crippen LogP contribution in [0.2, 0.25) is 0 Å². The van der Waals surface area contributed by atoms with Gasteiger partial charge in [0.25, 0.3) is 5.69 Å². The van der Waals surface area contributed by atoms with Crippen LogP contribution >= 0.6 is 11.6 Å². The number of nitro groups is 1. The number of nitrogens with zero attached hydrogens (tertiary/aromatic N) is 3. The summed E-state index contributed by atoms with van der Waals surface area (Å²) < 4.78 is 0. The minimum Gasteiger partial charge on any atom is -0.368 e. The first kappa shape index (κ1) is 16.5. The van der Waals surface area contributed by atoms with E-state index in [0.717, 1.165) is 31.6 Å². The number of rotatable bonds is 6. The van der Waals surface area contributed by atoms with Crippen molar-refractivity contribution in [2.24, 2.45) is 0 Å². The number of benzene rings is 1. The van der Waals surface area contributed by atoms with E-state index in [1.807, 2.05) is 4.90 Å². The smallest absolute Gasteiger partial charge is 0.269 e. The van der Waals surface area contributed by atoms with E-state index < -0.39 is 4.92 Å². The molecule has 1 heterocycles. The van der Waals surface area contributed by atoms with Crippen molar-refractivity contribution in [3.63, 3.8) is 0 Å². The predicted molar refractivity (Wildman–Crippen MR) is 86.5 cm³/mol. The number of halogens is 1. The summed E-state index contributed by atoms with van der Waals surface area (Å²) in [7, 11) is 0. The van der Waals surface area contributed by atoms with E-state index in [0.29, 0.717) is 25.4 Å². The van der Waals surface area contributed by atoms with Crippen LogP contribution in [-0.4, -0.2) is 47.8 Å². The summed E-state index contributed by atoms with van der Waals surface area (Å²) >= 11 is 5.61. The minimum absolute atomic E-state index is 0.0943. The Morgan fingerprint density at radius 3 is 2.32 bits per heavy atom. The number of hydrogen-bond acceptors (Lipinski definition) is 4. The lowest BCUT2D eigenvalue weighted by Gasteiger charge is -2.36. The molecule has 7 heteroatoms. The molecule has 22 heavy (non-hydrogen) atoms. The van der Waals surface area contributed by atoms with E-state index in [1.165, 1.54) is 12.1 Å². The quantitative estimate of drug-likeness (QED) is 0.349. The van der Waals surface area contributed by atoms with Crippen molar-refractivity contribution in [3.8, 4) is 0 Å². The van der Waals surface area contributed by atoms with Crippen LogP contribution in [-0.2, 0) is 4.79 Å². The molecular weight excluding hydrogens is 306 g/mol. The lowest BCUT2D eigenvalue weighted by molar-refractivity contribution is -0.384. The highest BCUT2D eigenvalue weighted by atomic mass is 35.5. The monoisotopic (exact) mass is 325 g/mol. The van der Waals surface area contributed by atoms with Gasteiger partial charge in [-0.25, -0.2) is 0 Å². The Morgan fingerprint density at radius 2 is 1.77 bits per heavy atom. The van der Waals surface area contributed by atoms with E-state index in [-0.39, 0.29) is 11.6 Å². The Bertz CT molecular complexity index is 513. The molecule has 6 nitrogen and oxygen atoms in total. The second-order valence-corrected chi connectivity index (χ2v) is 5.67. The maximum atomic E-state index is 12.0. The highest BCUT2D eigenvalue weighted by Crippen LogP contribution is 2.20. The van der Waals surface area contributed by atoms with Crippen molar-refractivity contribution >= 4 is 28.9 Å². The number of unbranched alkanes of at least 4 members (excludes halogenated alkanes) is 1. The lowest BCUT2D eigenvalue weighted by atomic mass is 10.2. The van der Waals surface area contributed by atoms with Gasteiger partial charge in [0, 0.05) is 56.3 Å². The zero-order valence-corrected chi connectivity index (χ0v) is 13.2. The summed E-state index contributed by atoms with van der Waals surface area (Å²) in [6.45, 7) is 2.88.